The van der Waals surface area contributed by atoms with Crippen LogP contribution in [0.5, 0.6) is 0 Å². The quantitative estimate of drug-likeness (QED) is 0.0769. The van der Waals surface area contributed by atoms with E-state index >= 15 is 4.39 Å². The van der Waals surface area contributed by atoms with Crippen LogP contribution in [0.25, 0.3) is 0 Å². The van der Waals surface area contributed by atoms with Crippen molar-refractivity contribution in [2.24, 2.45) is 17.8 Å². The summed E-state index contributed by atoms with van der Waals surface area (Å²) in [6.07, 6.45) is 1.57. The molecule has 0 radical (unpaired) electrons. The third-order valence-electron chi connectivity index (χ3n) is 13.2. The van der Waals surface area contributed by atoms with Crippen LogP contribution in [-0.4, -0.2) is 72.7 Å². The molecule has 3 fully saturated rings. The van der Waals surface area contributed by atoms with Crippen LogP contribution in [0.3, 0.4) is 0 Å². The van der Waals surface area contributed by atoms with Gasteiger partial charge in [-0.1, -0.05) is 48.4 Å². The highest BCUT2D eigenvalue weighted by atomic mass is 35.5. The van der Waals surface area contributed by atoms with Gasteiger partial charge in [0.25, 0.3) is 0 Å². The van der Waals surface area contributed by atoms with Gasteiger partial charge in [0.15, 0.2) is 39.3 Å². The van der Waals surface area contributed by atoms with Gasteiger partial charge in [0.1, 0.15) is 32.8 Å². The smallest absolute Gasteiger partial charge is 0.188 e. The molecule has 9 nitrogen and oxygen atoms in total. The summed E-state index contributed by atoms with van der Waals surface area (Å²) in [5.74, 6) is -4.11. The van der Waals surface area contributed by atoms with E-state index in [0.717, 1.165) is 54.1 Å². The largest absolute Gasteiger partial charge is 0.381 e. The Bertz CT molecular complexity index is 2950. The van der Waals surface area contributed by atoms with Crippen LogP contribution >= 0.6 is 23.2 Å². The first-order valence-electron chi connectivity index (χ1n) is 21.7. The van der Waals surface area contributed by atoms with Crippen molar-refractivity contribution in [3.63, 3.8) is 0 Å². The highest BCUT2D eigenvalue weighted by Gasteiger charge is 2.55. The van der Waals surface area contributed by atoms with Crippen molar-refractivity contribution in [2.75, 3.05) is 31.0 Å². The van der Waals surface area contributed by atoms with Gasteiger partial charge < -0.3 is 4.74 Å². The second-order valence-electron chi connectivity index (χ2n) is 19.1. The van der Waals surface area contributed by atoms with E-state index in [1.807, 2.05) is 0 Å². The summed E-state index contributed by atoms with van der Waals surface area (Å²) in [4.78, 5) is -0.0908. The number of fused-ring (bicyclic) bond motifs is 1. The number of halogens is 6. The van der Waals surface area contributed by atoms with Crippen molar-refractivity contribution < 1.29 is 56.0 Å². The zero-order chi connectivity index (χ0) is 49.4. The lowest BCUT2D eigenvalue weighted by molar-refractivity contribution is 0.105. The summed E-state index contributed by atoms with van der Waals surface area (Å²) in [6, 6.07) is 17.7. The van der Waals surface area contributed by atoms with E-state index in [2.05, 4.69) is 19.6 Å². The molecule has 20 heteroatoms. The van der Waals surface area contributed by atoms with Gasteiger partial charge in [0.2, 0.25) is 0 Å². The Balaban J connectivity index is 0.000000225. The maximum absolute atomic E-state index is 15.3. The molecule has 4 aromatic rings. The second-order valence-corrected chi connectivity index (χ2v) is 34.3. The van der Waals surface area contributed by atoms with Gasteiger partial charge in [-0.05, 0) is 148 Å². The third kappa shape index (κ3) is 12.1. The minimum Gasteiger partial charge on any atom is -0.381 e. The summed E-state index contributed by atoms with van der Waals surface area (Å²) in [6.45, 7) is 7.11. The molecular formula is C47H54Cl2F4O9S4Si. The van der Waals surface area contributed by atoms with Crippen LogP contribution in [0.4, 0.5) is 17.6 Å². The molecule has 1 heterocycles. The van der Waals surface area contributed by atoms with E-state index in [1.54, 1.807) is 0 Å². The molecule has 1 aliphatic heterocycles. The summed E-state index contributed by atoms with van der Waals surface area (Å²) >= 11 is 11.9. The molecule has 4 aromatic carbocycles. The molecule has 2 saturated carbocycles. The molecule has 0 spiro atoms. The van der Waals surface area contributed by atoms with Crippen molar-refractivity contribution in [2.45, 2.75) is 89.9 Å². The number of sulfone groups is 4. The van der Waals surface area contributed by atoms with Crippen molar-refractivity contribution >= 4 is 70.6 Å². The highest BCUT2D eigenvalue weighted by molar-refractivity contribution is 7.93. The molecule has 0 amide bonds. The first kappa shape index (κ1) is 53.3. The fourth-order valence-corrected chi connectivity index (χ4v) is 17.8. The van der Waals surface area contributed by atoms with Crippen LogP contribution in [0.2, 0.25) is 35.7 Å². The predicted octanol–water partition coefficient (Wildman–Crippen LogP) is 10.9. The molecule has 366 valence electrons. The molecule has 3 aliphatic rings. The maximum Gasteiger partial charge on any atom is 0.188 e. The van der Waals surface area contributed by atoms with Gasteiger partial charge in [0, 0.05) is 53.4 Å². The Labute approximate surface area is 403 Å². The van der Waals surface area contributed by atoms with E-state index < -0.39 is 86.1 Å². The fourth-order valence-electron chi connectivity index (χ4n) is 9.66. The Morgan fingerprint density at radius 3 is 1.67 bits per heavy atom. The van der Waals surface area contributed by atoms with Crippen molar-refractivity contribution in [1.29, 1.82) is 0 Å². The Morgan fingerprint density at radius 1 is 0.701 bits per heavy atom. The normalized spacial score (nSPS) is 25.2. The zero-order valence-corrected chi connectivity index (χ0v) is 43.2. The highest BCUT2D eigenvalue weighted by Crippen LogP contribution is 2.54. The minimum absolute atomic E-state index is 0.0143. The lowest BCUT2D eigenvalue weighted by Crippen LogP contribution is -2.47. The van der Waals surface area contributed by atoms with Gasteiger partial charge in [-0.3, -0.25) is 0 Å². The third-order valence-corrected chi connectivity index (χ3v) is 22.9. The van der Waals surface area contributed by atoms with Crippen LogP contribution in [-0.2, 0) is 53.6 Å². The van der Waals surface area contributed by atoms with E-state index in [0.29, 0.717) is 35.1 Å². The number of benzene rings is 4. The molecule has 67 heavy (non-hydrogen) atoms. The molecule has 0 unspecified atom stereocenters. The van der Waals surface area contributed by atoms with Crippen LogP contribution < -0.4 is 0 Å². The number of ether oxygens (including phenoxy) is 1. The van der Waals surface area contributed by atoms with Crippen LogP contribution in [0, 0.1) is 41.0 Å². The lowest BCUT2D eigenvalue weighted by atomic mass is 9.70. The molecule has 2 aliphatic carbocycles. The van der Waals surface area contributed by atoms with Crippen molar-refractivity contribution in [3.8, 4) is 0 Å². The molecule has 5 atom stereocenters. The number of rotatable bonds is 12. The standard InChI is InChI=1S/C26H33ClF2O5S2Si.C21H21ClF2O4S2/c1-35(30,31)18-19-11-12-26(24-15-22(28)7-10-25(24)29,16-20(19)17-34-13-14-37(2,3)4)36(32,33)23-8-5-21(27)6-9-23;22-16-1-4-18(5-2-16)30(27,28)21(19-11-17(23)3-6-20(19)24)9-7-15-13-29(25,26)10-8-14(15)12-21/h5-10,15,18,20H,11-14,16-17H2,1-4H3;1-6,11,14-15H,7-10,12-13H2/b19-18-;/t20-,26+;14-,15-,21-/m01/s1. The van der Waals surface area contributed by atoms with E-state index in [1.165, 1.54) is 48.5 Å². The first-order valence-corrected chi connectivity index (χ1v) is 32.9. The lowest BCUT2D eigenvalue weighted by Gasteiger charge is -2.46. The van der Waals surface area contributed by atoms with Gasteiger partial charge in [-0.25, -0.2) is 51.2 Å². The average molecular weight is 1070 g/mol. The molecule has 0 aromatic heterocycles. The number of hydrogen-bond acceptors (Lipinski definition) is 9. The average Bonchev–Trinajstić information content (AvgIpc) is 3.24. The fraction of sp³-hybridized carbons (Fsp3) is 0.447. The molecular weight excluding hydrogens is 1010 g/mol. The van der Waals surface area contributed by atoms with Crippen LogP contribution in [0.1, 0.15) is 56.1 Å². The van der Waals surface area contributed by atoms with Gasteiger partial charge in [0.05, 0.1) is 27.9 Å². The first-order chi connectivity index (χ1) is 31.1. The summed E-state index contributed by atoms with van der Waals surface area (Å²) in [5.41, 5.74) is 0.0616. The maximum atomic E-state index is 15.3. The van der Waals surface area contributed by atoms with Crippen molar-refractivity contribution in [1.82, 2.24) is 0 Å². The SMILES string of the molecule is C[Si](C)(C)CCOC[C@@H]1C[C@](c2cc(F)ccc2F)(S(=O)(=O)c2ccc(Cl)cc2)CC/C1=C/S(C)(=O)=O.O=S1(=O)CC[C@@H]2C[C@](c3cc(F)ccc3F)(S(=O)(=O)c3ccc(Cl)cc3)CC[C@@H]2C1. The summed E-state index contributed by atoms with van der Waals surface area (Å²) < 4.78 is 165. The van der Waals surface area contributed by atoms with Gasteiger partial charge in [-0.15, -0.1) is 0 Å². The molecule has 7 rings (SSSR count). The van der Waals surface area contributed by atoms with E-state index in [4.69, 9.17) is 27.9 Å². The van der Waals surface area contributed by atoms with E-state index in [9.17, 15) is 46.8 Å². The summed E-state index contributed by atoms with van der Waals surface area (Å²) in [7, 11) is -16.5. The predicted molar refractivity (Wildman–Crippen MR) is 257 cm³/mol. The van der Waals surface area contributed by atoms with E-state index in [-0.39, 0.29) is 83.0 Å². The van der Waals surface area contributed by atoms with Crippen molar-refractivity contribution in [3.05, 3.63) is 140 Å². The Morgan fingerprint density at radius 2 is 1.19 bits per heavy atom. The minimum atomic E-state index is -4.28. The topological polar surface area (TPSA) is 146 Å². The monoisotopic (exact) mass is 1060 g/mol. The van der Waals surface area contributed by atoms with Gasteiger partial charge in [-0.2, -0.15) is 0 Å². The second kappa shape index (κ2) is 20.3. The Hall–Kier alpha value is -3.10. The summed E-state index contributed by atoms with van der Waals surface area (Å²) in [5, 5.41) is 1.85. The van der Waals surface area contributed by atoms with Gasteiger partial charge >= 0.3 is 0 Å². The molecule has 0 bridgehead atoms. The molecule has 1 saturated heterocycles. The number of hydrogen-bond donors (Lipinski definition) is 0. The van der Waals surface area contributed by atoms with Crippen LogP contribution in [0.15, 0.2) is 106 Å². The Kier molecular flexibility index (Phi) is 16.2. The molecule has 0 N–H and O–H groups in total. The zero-order valence-electron chi connectivity index (χ0n) is 37.5.